The monoisotopic (exact) mass is 229 g/mol. The number of rotatable bonds is 2. The molecular formula is C9H11NO2S2. The van der Waals surface area contributed by atoms with E-state index in [2.05, 4.69) is 21.5 Å². The number of methoxy groups -OCH3 is 1. The summed E-state index contributed by atoms with van der Waals surface area (Å²) in [4.78, 5) is 11.2. The van der Waals surface area contributed by atoms with Crippen molar-refractivity contribution < 1.29 is 9.53 Å². The Morgan fingerprint density at radius 2 is 2.57 bits per heavy atom. The van der Waals surface area contributed by atoms with Crippen LogP contribution in [-0.2, 0) is 9.53 Å². The zero-order valence-electron chi connectivity index (χ0n) is 7.73. The molecule has 0 saturated carbocycles. The average Bonchev–Trinajstić information content (AvgIpc) is 2.86. The minimum atomic E-state index is -0.171. The molecule has 2 heterocycles. The number of carbonyl (C=O) groups is 1. The molecule has 0 bridgehead atoms. The molecule has 1 aromatic heterocycles. The van der Waals surface area contributed by atoms with Crippen LogP contribution in [0, 0.1) is 0 Å². The Hall–Kier alpha value is -0.520. The summed E-state index contributed by atoms with van der Waals surface area (Å²) in [5.74, 6) is 0.614. The Morgan fingerprint density at radius 3 is 3.21 bits per heavy atom. The maximum atomic E-state index is 11.2. The van der Waals surface area contributed by atoms with Gasteiger partial charge in [0.25, 0.3) is 0 Å². The lowest BCUT2D eigenvalue weighted by Gasteiger charge is -2.09. The fraction of sp³-hybridized carbons (Fsp3) is 0.444. The van der Waals surface area contributed by atoms with E-state index in [0.717, 1.165) is 5.75 Å². The number of nitrogens with one attached hydrogen (secondary N) is 1. The van der Waals surface area contributed by atoms with Crippen molar-refractivity contribution in [3.05, 3.63) is 22.4 Å². The second kappa shape index (κ2) is 4.33. The van der Waals surface area contributed by atoms with Crippen LogP contribution in [0.15, 0.2) is 16.8 Å². The summed E-state index contributed by atoms with van der Waals surface area (Å²) in [6.45, 7) is 0. The van der Waals surface area contributed by atoms with Gasteiger partial charge in [-0.1, -0.05) is 0 Å². The molecule has 2 atom stereocenters. The SMILES string of the molecule is COC(=O)C1CSC(c2ccsc2)N1. The molecule has 1 fully saturated rings. The molecule has 1 aliphatic rings. The van der Waals surface area contributed by atoms with Crippen molar-refractivity contribution in [3.63, 3.8) is 0 Å². The van der Waals surface area contributed by atoms with E-state index in [1.54, 1.807) is 23.1 Å². The predicted octanol–water partition coefficient (Wildman–Crippen LogP) is 1.62. The zero-order chi connectivity index (χ0) is 9.97. The number of esters is 1. The number of hydrogen-bond donors (Lipinski definition) is 1. The first-order chi connectivity index (χ1) is 6.81. The number of ether oxygens (including phenoxy) is 1. The van der Waals surface area contributed by atoms with Gasteiger partial charge in [-0.25, -0.2) is 0 Å². The largest absolute Gasteiger partial charge is 0.468 e. The third kappa shape index (κ3) is 1.94. The van der Waals surface area contributed by atoms with Crippen LogP contribution < -0.4 is 5.32 Å². The topological polar surface area (TPSA) is 38.3 Å². The van der Waals surface area contributed by atoms with E-state index in [0.29, 0.717) is 0 Å². The zero-order valence-corrected chi connectivity index (χ0v) is 9.36. The molecule has 0 aromatic carbocycles. The Labute approximate surface area is 90.8 Å². The van der Waals surface area contributed by atoms with Crippen LogP contribution in [0.2, 0.25) is 0 Å². The standard InChI is InChI=1S/C9H11NO2S2/c1-12-9(11)7-5-14-8(10-7)6-2-3-13-4-6/h2-4,7-8,10H,5H2,1H3. The van der Waals surface area contributed by atoms with Gasteiger partial charge in [-0.15, -0.1) is 11.8 Å². The third-order valence-corrected chi connectivity index (χ3v) is 4.08. The van der Waals surface area contributed by atoms with E-state index in [1.165, 1.54) is 12.7 Å². The normalized spacial score (nSPS) is 26.4. The van der Waals surface area contributed by atoms with Crippen LogP contribution >= 0.6 is 23.1 Å². The van der Waals surface area contributed by atoms with Gasteiger partial charge in [0.2, 0.25) is 0 Å². The van der Waals surface area contributed by atoms with Crippen LogP contribution in [0.1, 0.15) is 10.9 Å². The fourth-order valence-corrected chi connectivity index (χ4v) is 3.36. The quantitative estimate of drug-likeness (QED) is 0.782. The molecule has 1 aliphatic heterocycles. The van der Waals surface area contributed by atoms with Gasteiger partial charge >= 0.3 is 5.97 Å². The molecule has 3 nitrogen and oxygen atoms in total. The van der Waals surface area contributed by atoms with E-state index >= 15 is 0 Å². The summed E-state index contributed by atoms with van der Waals surface area (Å²) in [6, 6.07) is 1.92. The minimum absolute atomic E-state index is 0.158. The van der Waals surface area contributed by atoms with Crippen molar-refractivity contribution in [1.82, 2.24) is 5.32 Å². The fourth-order valence-electron chi connectivity index (χ4n) is 1.37. The first kappa shape index (κ1) is 10.0. The number of hydrogen-bond acceptors (Lipinski definition) is 5. The predicted molar refractivity (Wildman–Crippen MR) is 58.5 cm³/mol. The van der Waals surface area contributed by atoms with Gasteiger partial charge in [-0.2, -0.15) is 11.3 Å². The molecule has 0 amide bonds. The summed E-state index contributed by atoms with van der Waals surface area (Å²) >= 11 is 3.42. The summed E-state index contributed by atoms with van der Waals surface area (Å²) in [6.07, 6.45) is 0. The van der Waals surface area contributed by atoms with Crippen molar-refractivity contribution in [1.29, 1.82) is 0 Å². The van der Waals surface area contributed by atoms with Crippen LogP contribution in [-0.4, -0.2) is 24.9 Å². The lowest BCUT2D eigenvalue weighted by Crippen LogP contribution is -2.34. The molecule has 0 radical (unpaired) electrons. The van der Waals surface area contributed by atoms with Crippen molar-refractivity contribution in [2.24, 2.45) is 0 Å². The van der Waals surface area contributed by atoms with Gasteiger partial charge in [-0.05, 0) is 22.4 Å². The van der Waals surface area contributed by atoms with Crippen molar-refractivity contribution >= 4 is 29.1 Å². The van der Waals surface area contributed by atoms with Crippen LogP contribution in [0.25, 0.3) is 0 Å². The van der Waals surface area contributed by atoms with Crippen molar-refractivity contribution in [3.8, 4) is 0 Å². The molecule has 14 heavy (non-hydrogen) atoms. The molecule has 1 aromatic rings. The van der Waals surface area contributed by atoms with Gasteiger partial charge in [0, 0.05) is 5.75 Å². The van der Waals surface area contributed by atoms with Crippen molar-refractivity contribution in [2.45, 2.75) is 11.4 Å². The summed E-state index contributed by atoms with van der Waals surface area (Å²) < 4.78 is 4.69. The van der Waals surface area contributed by atoms with Crippen LogP contribution in [0.5, 0.6) is 0 Å². The lowest BCUT2D eigenvalue weighted by atomic mass is 10.3. The Bertz CT molecular complexity index is 313. The Morgan fingerprint density at radius 1 is 1.71 bits per heavy atom. The first-order valence-electron chi connectivity index (χ1n) is 4.29. The van der Waals surface area contributed by atoms with Crippen molar-refractivity contribution in [2.75, 3.05) is 12.9 Å². The Balaban J connectivity index is 1.98. The van der Waals surface area contributed by atoms with E-state index in [1.807, 2.05) is 5.38 Å². The average molecular weight is 229 g/mol. The lowest BCUT2D eigenvalue weighted by molar-refractivity contribution is -0.142. The molecule has 2 rings (SSSR count). The Kier molecular flexibility index (Phi) is 3.10. The number of thiophene rings is 1. The highest BCUT2D eigenvalue weighted by molar-refractivity contribution is 7.99. The van der Waals surface area contributed by atoms with E-state index in [4.69, 9.17) is 0 Å². The molecule has 1 N–H and O–H groups in total. The van der Waals surface area contributed by atoms with Crippen LogP contribution in [0.3, 0.4) is 0 Å². The molecule has 76 valence electrons. The van der Waals surface area contributed by atoms with Gasteiger partial charge in [0.15, 0.2) is 0 Å². The maximum Gasteiger partial charge on any atom is 0.323 e. The number of carbonyl (C=O) groups excluding carboxylic acids is 1. The molecule has 5 heteroatoms. The summed E-state index contributed by atoms with van der Waals surface area (Å²) in [5.41, 5.74) is 1.24. The second-order valence-corrected chi connectivity index (χ2v) is 4.93. The van der Waals surface area contributed by atoms with E-state index < -0.39 is 0 Å². The highest BCUT2D eigenvalue weighted by Gasteiger charge is 2.31. The summed E-state index contributed by atoms with van der Waals surface area (Å²) in [5, 5.41) is 7.63. The van der Waals surface area contributed by atoms with Gasteiger partial charge in [0.1, 0.15) is 6.04 Å². The molecule has 0 spiro atoms. The molecular weight excluding hydrogens is 218 g/mol. The highest BCUT2D eigenvalue weighted by atomic mass is 32.2. The highest BCUT2D eigenvalue weighted by Crippen LogP contribution is 2.33. The smallest absolute Gasteiger partial charge is 0.323 e. The number of thioether (sulfide) groups is 1. The third-order valence-electron chi connectivity index (χ3n) is 2.11. The second-order valence-electron chi connectivity index (χ2n) is 3.01. The molecule has 0 aliphatic carbocycles. The maximum absolute atomic E-state index is 11.2. The summed E-state index contributed by atoms with van der Waals surface area (Å²) in [7, 11) is 1.42. The molecule has 1 saturated heterocycles. The first-order valence-corrected chi connectivity index (χ1v) is 6.28. The van der Waals surface area contributed by atoms with Gasteiger partial charge in [0.05, 0.1) is 12.5 Å². The van der Waals surface area contributed by atoms with Gasteiger partial charge in [-0.3, -0.25) is 10.1 Å². The van der Waals surface area contributed by atoms with Gasteiger partial charge < -0.3 is 4.74 Å². The van der Waals surface area contributed by atoms with Crippen LogP contribution in [0.4, 0.5) is 0 Å². The van der Waals surface area contributed by atoms with E-state index in [9.17, 15) is 4.79 Å². The van der Waals surface area contributed by atoms with E-state index in [-0.39, 0.29) is 17.4 Å². The molecule has 2 unspecified atom stereocenters. The minimum Gasteiger partial charge on any atom is -0.468 e.